The van der Waals surface area contributed by atoms with Gasteiger partial charge in [-0.15, -0.1) is 0 Å². The average Bonchev–Trinajstić information content (AvgIpc) is 3.04. The highest BCUT2D eigenvalue weighted by atomic mass is 19.3. The Morgan fingerprint density at radius 3 is 2.56 bits per heavy atom. The maximum atomic E-state index is 13.0. The van der Waals surface area contributed by atoms with E-state index in [0.717, 1.165) is 49.5 Å². The van der Waals surface area contributed by atoms with Gasteiger partial charge in [-0.3, -0.25) is 0 Å². The van der Waals surface area contributed by atoms with Crippen LogP contribution in [0.15, 0.2) is 36.4 Å². The van der Waals surface area contributed by atoms with Crippen molar-refractivity contribution in [2.45, 2.75) is 51.6 Å². The summed E-state index contributed by atoms with van der Waals surface area (Å²) < 4.78 is 47.9. The molecule has 7 nitrogen and oxygen atoms in total. The molecule has 1 aromatic carbocycles. The fourth-order valence-electron chi connectivity index (χ4n) is 4.49. The van der Waals surface area contributed by atoms with Crippen molar-refractivity contribution in [2.24, 2.45) is 0 Å². The largest absolute Gasteiger partial charge is 0.497 e. The van der Waals surface area contributed by atoms with Crippen LogP contribution in [0.3, 0.4) is 0 Å². The molecule has 2 aliphatic rings. The summed E-state index contributed by atoms with van der Waals surface area (Å²) in [6, 6.07) is 11.4. The number of morpholine rings is 1. The number of pyridine rings is 1. The highest BCUT2D eigenvalue weighted by Crippen LogP contribution is 2.32. The maximum absolute atomic E-state index is 13.0. The molecule has 0 N–H and O–H groups in total. The minimum Gasteiger partial charge on any atom is -0.497 e. The highest BCUT2D eigenvalue weighted by Gasteiger charge is 2.30. The number of hydrogen-bond donors (Lipinski definition) is 0. The lowest BCUT2D eigenvalue weighted by molar-refractivity contribution is -0.167. The number of nitrogens with zero attached hydrogens (tertiary/aromatic N) is 3. The number of methoxy groups -OCH3 is 1. The molecular weight excluding hydrogens is 444 g/mol. The first-order valence-corrected chi connectivity index (χ1v) is 11.8. The van der Waals surface area contributed by atoms with Gasteiger partial charge in [0.25, 0.3) is 0 Å². The fourth-order valence-corrected chi connectivity index (χ4v) is 4.49. The van der Waals surface area contributed by atoms with E-state index in [2.05, 4.69) is 9.80 Å². The van der Waals surface area contributed by atoms with Crippen molar-refractivity contribution in [3.63, 3.8) is 0 Å². The number of benzene rings is 1. The summed E-state index contributed by atoms with van der Waals surface area (Å²) >= 11 is 0. The van der Waals surface area contributed by atoms with Crippen molar-refractivity contribution in [1.82, 2.24) is 4.98 Å². The summed E-state index contributed by atoms with van der Waals surface area (Å²) in [4.78, 5) is 9.10. The first kappa shape index (κ1) is 24.5. The van der Waals surface area contributed by atoms with Crippen LogP contribution in [0.4, 0.5) is 20.3 Å². The van der Waals surface area contributed by atoms with Crippen molar-refractivity contribution in [1.29, 1.82) is 0 Å². The Morgan fingerprint density at radius 2 is 1.85 bits per heavy atom. The predicted molar refractivity (Wildman–Crippen MR) is 126 cm³/mol. The van der Waals surface area contributed by atoms with E-state index in [4.69, 9.17) is 23.9 Å². The van der Waals surface area contributed by atoms with E-state index >= 15 is 0 Å². The second-order valence-electron chi connectivity index (χ2n) is 8.62. The minimum absolute atomic E-state index is 0.238. The van der Waals surface area contributed by atoms with Crippen molar-refractivity contribution in [3.8, 4) is 11.6 Å². The molecule has 4 rings (SSSR count). The molecule has 0 unspecified atom stereocenters. The second kappa shape index (κ2) is 11.7. The van der Waals surface area contributed by atoms with E-state index in [9.17, 15) is 8.78 Å². The maximum Gasteiger partial charge on any atom is 0.345 e. The van der Waals surface area contributed by atoms with E-state index in [1.165, 1.54) is 0 Å². The number of anilines is 2. The van der Waals surface area contributed by atoms with Crippen molar-refractivity contribution in [3.05, 3.63) is 42.0 Å². The zero-order chi connectivity index (χ0) is 23.9. The van der Waals surface area contributed by atoms with Crippen LogP contribution >= 0.6 is 0 Å². The van der Waals surface area contributed by atoms with E-state index < -0.39 is 12.7 Å². The lowest BCUT2D eigenvalue weighted by Crippen LogP contribution is -2.43. The molecular formula is C25H33F2N3O4. The Morgan fingerprint density at radius 1 is 1.09 bits per heavy atom. The summed E-state index contributed by atoms with van der Waals surface area (Å²) in [6.45, 7) is 3.08. The normalized spacial score (nSPS) is 21.4. The van der Waals surface area contributed by atoms with Gasteiger partial charge >= 0.3 is 6.61 Å². The van der Waals surface area contributed by atoms with Gasteiger partial charge in [0.05, 0.1) is 32.5 Å². The molecule has 2 fully saturated rings. The van der Waals surface area contributed by atoms with E-state index in [1.807, 2.05) is 43.3 Å². The third-order valence-electron chi connectivity index (χ3n) is 6.43. The monoisotopic (exact) mass is 477 g/mol. The van der Waals surface area contributed by atoms with Crippen LogP contribution < -0.4 is 19.3 Å². The minimum atomic E-state index is -2.79. The number of aromatic nitrogens is 1. The summed E-state index contributed by atoms with van der Waals surface area (Å²) in [7, 11) is 1.63. The van der Waals surface area contributed by atoms with Crippen molar-refractivity contribution in [2.75, 3.05) is 49.8 Å². The standard InChI is InChI=1S/C25H33F2N3O4/c1-18-22(34-25(26)27)5-3-4-10-30(18)23-15-20(29-11-13-32-14-12-29)16-24(28-23)33-17-19-6-8-21(31-2)9-7-19/h6-9,15-16,18,22,25H,3-5,10-14,17H2,1-2H3/t18-,22+/m0/s1. The van der Waals surface area contributed by atoms with Crippen LogP contribution in [0, 0.1) is 0 Å². The fraction of sp³-hybridized carbons (Fsp3) is 0.560. The van der Waals surface area contributed by atoms with Crippen LogP contribution in [0.5, 0.6) is 11.6 Å². The number of alkyl halides is 2. The molecule has 0 bridgehead atoms. The lowest BCUT2D eigenvalue weighted by Gasteiger charge is -2.34. The Bertz CT molecular complexity index is 910. The number of hydrogen-bond acceptors (Lipinski definition) is 7. The van der Waals surface area contributed by atoms with Crippen molar-refractivity contribution < 1.29 is 27.7 Å². The number of halogens is 2. The molecule has 9 heteroatoms. The van der Waals surface area contributed by atoms with Gasteiger partial charge in [-0.2, -0.15) is 13.8 Å². The molecule has 0 aliphatic carbocycles. The molecule has 2 aromatic rings. The molecule has 1 aromatic heterocycles. The van der Waals surface area contributed by atoms with Gasteiger partial charge in [0.15, 0.2) is 0 Å². The Hall–Kier alpha value is -2.65. The zero-order valence-corrected chi connectivity index (χ0v) is 19.8. The molecule has 0 amide bonds. The second-order valence-corrected chi connectivity index (χ2v) is 8.62. The first-order valence-electron chi connectivity index (χ1n) is 11.8. The number of rotatable bonds is 8. The lowest BCUT2D eigenvalue weighted by atomic mass is 10.1. The van der Waals surface area contributed by atoms with Crippen LogP contribution in [-0.4, -0.2) is 63.7 Å². The zero-order valence-electron chi connectivity index (χ0n) is 19.8. The van der Waals surface area contributed by atoms with Gasteiger partial charge in [-0.05, 0) is 43.9 Å². The van der Waals surface area contributed by atoms with Crippen LogP contribution in [-0.2, 0) is 16.1 Å². The molecule has 2 saturated heterocycles. The highest BCUT2D eigenvalue weighted by molar-refractivity contribution is 5.59. The molecule has 2 aliphatic heterocycles. The smallest absolute Gasteiger partial charge is 0.345 e. The van der Waals surface area contributed by atoms with Gasteiger partial charge in [0.2, 0.25) is 5.88 Å². The van der Waals surface area contributed by atoms with Crippen LogP contribution in [0.2, 0.25) is 0 Å². The molecule has 34 heavy (non-hydrogen) atoms. The van der Waals surface area contributed by atoms with Crippen LogP contribution in [0.25, 0.3) is 0 Å². The topological polar surface area (TPSA) is 56.3 Å². The van der Waals surface area contributed by atoms with Gasteiger partial charge in [0, 0.05) is 37.5 Å². The van der Waals surface area contributed by atoms with E-state index in [0.29, 0.717) is 37.9 Å². The van der Waals surface area contributed by atoms with Crippen molar-refractivity contribution >= 4 is 11.5 Å². The Kier molecular flexibility index (Phi) is 8.39. The first-order chi connectivity index (χ1) is 16.5. The average molecular weight is 478 g/mol. The van der Waals surface area contributed by atoms with Gasteiger partial charge < -0.3 is 28.7 Å². The third-order valence-corrected chi connectivity index (χ3v) is 6.43. The van der Waals surface area contributed by atoms with Gasteiger partial charge in [0.1, 0.15) is 18.2 Å². The molecule has 0 saturated carbocycles. The molecule has 3 heterocycles. The Balaban J connectivity index is 1.59. The predicted octanol–water partition coefficient (Wildman–Crippen LogP) is 4.49. The molecule has 0 radical (unpaired) electrons. The SMILES string of the molecule is COc1ccc(COc2cc(N3CCOCC3)cc(N3CCCC[C@@H](OC(F)F)[C@@H]3C)n2)cc1. The summed E-state index contributed by atoms with van der Waals surface area (Å²) in [5.74, 6) is 2.00. The third kappa shape index (κ3) is 6.27. The van der Waals surface area contributed by atoms with Gasteiger partial charge in [-0.1, -0.05) is 12.1 Å². The molecule has 0 spiro atoms. The van der Waals surface area contributed by atoms with E-state index in [1.54, 1.807) is 7.11 Å². The molecule has 186 valence electrons. The van der Waals surface area contributed by atoms with E-state index in [-0.39, 0.29) is 6.04 Å². The summed E-state index contributed by atoms with van der Waals surface area (Å²) in [6.07, 6.45) is 1.77. The Labute approximate surface area is 199 Å². The van der Waals surface area contributed by atoms with Crippen LogP contribution in [0.1, 0.15) is 31.7 Å². The summed E-state index contributed by atoms with van der Waals surface area (Å²) in [5, 5.41) is 0. The quantitative estimate of drug-likeness (QED) is 0.555. The van der Waals surface area contributed by atoms with Gasteiger partial charge in [-0.25, -0.2) is 0 Å². The summed E-state index contributed by atoms with van der Waals surface area (Å²) in [5.41, 5.74) is 1.98. The number of ether oxygens (including phenoxy) is 4. The molecule has 2 atom stereocenters.